The highest BCUT2D eigenvalue weighted by atomic mass is 31.2. The van der Waals surface area contributed by atoms with Gasteiger partial charge in [0, 0.05) is 18.7 Å². The van der Waals surface area contributed by atoms with Crippen LogP contribution in [0.3, 0.4) is 0 Å². The van der Waals surface area contributed by atoms with Crippen molar-refractivity contribution in [2.24, 2.45) is 0 Å². The minimum Gasteiger partial charge on any atom is -0.309 e. The molecule has 4 rings (SSSR count). The molecule has 2 aromatic carbocycles. The molecule has 0 N–H and O–H groups in total. The molecule has 1 aliphatic carbocycles. The normalized spacial score (nSPS) is 19.4. The van der Waals surface area contributed by atoms with Crippen molar-refractivity contribution in [2.75, 3.05) is 6.61 Å². The van der Waals surface area contributed by atoms with E-state index in [2.05, 4.69) is 0 Å². The summed E-state index contributed by atoms with van der Waals surface area (Å²) in [4.78, 5) is 25.5. The summed E-state index contributed by atoms with van der Waals surface area (Å²) in [5, 5.41) is 0. The summed E-state index contributed by atoms with van der Waals surface area (Å²) in [5.41, 5.74) is 1.01. The van der Waals surface area contributed by atoms with Crippen LogP contribution in [0.2, 0.25) is 0 Å². The molecule has 3 unspecified atom stereocenters. The van der Waals surface area contributed by atoms with Crippen molar-refractivity contribution in [1.29, 1.82) is 0 Å². The van der Waals surface area contributed by atoms with Gasteiger partial charge < -0.3 is 9.05 Å². The highest BCUT2D eigenvalue weighted by Crippen LogP contribution is 2.53. The third kappa shape index (κ3) is 5.69. The molecule has 33 heavy (non-hydrogen) atoms. The molecule has 3 atom stereocenters. The SMILES string of the molecule is CCOP(=O)(Cc1ccccc1)OC1C=CC(n2ccc(=O)n(Cc3ccccc3)c2=O)C1. The molecule has 0 saturated heterocycles. The Balaban J connectivity index is 1.50. The number of nitrogens with zero attached hydrogens (tertiary/aromatic N) is 2. The van der Waals surface area contributed by atoms with Crippen LogP contribution in [-0.2, 0) is 26.3 Å². The Morgan fingerprint density at radius 3 is 2.27 bits per heavy atom. The smallest absolute Gasteiger partial charge is 0.309 e. The predicted molar refractivity (Wildman–Crippen MR) is 128 cm³/mol. The minimum absolute atomic E-state index is 0.179. The van der Waals surface area contributed by atoms with Gasteiger partial charge in [0.05, 0.1) is 31.5 Å². The van der Waals surface area contributed by atoms with E-state index in [-0.39, 0.29) is 36.6 Å². The van der Waals surface area contributed by atoms with Crippen LogP contribution in [-0.4, -0.2) is 21.8 Å². The fraction of sp³-hybridized carbons (Fsp3) is 0.280. The van der Waals surface area contributed by atoms with Crippen molar-refractivity contribution < 1.29 is 13.6 Å². The first-order valence-corrected chi connectivity index (χ1v) is 12.7. The van der Waals surface area contributed by atoms with Crippen LogP contribution < -0.4 is 11.2 Å². The topological polar surface area (TPSA) is 79.5 Å². The van der Waals surface area contributed by atoms with E-state index in [4.69, 9.17) is 9.05 Å². The Kier molecular flexibility index (Phi) is 7.23. The quantitative estimate of drug-likeness (QED) is 0.346. The van der Waals surface area contributed by atoms with Gasteiger partial charge in [-0.1, -0.05) is 72.8 Å². The van der Waals surface area contributed by atoms with Crippen LogP contribution in [0.25, 0.3) is 0 Å². The molecule has 1 aromatic heterocycles. The summed E-state index contributed by atoms with van der Waals surface area (Å²) in [5.74, 6) is 0. The van der Waals surface area contributed by atoms with E-state index >= 15 is 0 Å². The third-order valence-corrected chi connectivity index (χ3v) is 7.49. The average Bonchev–Trinajstić information content (AvgIpc) is 3.25. The molecule has 0 fully saturated rings. The summed E-state index contributed by atoms with van der Waals surface area (Å²) < 4.78 is 27.6. The van der Waals surface area contributed by atoms with Gasteiger partial charge in [0.2, 0.25) is 0 Å². The molecule has 3 aromatic rings. The maximum atomic E-state index is 13.4. The van der Waals surface area contributed by atoms with Crippen LogP contribution in [0.5, 0.6) is 0 Å². The second-order valence-electron chi connectivity index (χ2n) is 7.92. The van der Waals surface area contributed by atoms with Crippen molar-refractivity contribution in [3.63, 3.8) is 0 Å². The van der Waals surface area contributed by atoms with E-state index in [0.29, 0.717) is 6.42 Å². The standard InChI is InChI=1S/C25H27N2O5P/c1-2-31-33(30,19-21-11-7-4-8-12-21)32-23-14-13-22(17-23)26-16-15-24(28)27(25(26)29)18-20-9-5-3-6-10-20/h3-16,22-23H,2,17-19H2,1H3. The van der Waals surface area contributed by atoms with Gasteiger partial charge in [-0.15, -0.1) is 0 Å². The first-order valence-electron chi connectivity index (χ1n) is 11.0. The van der Waals surface area contributed by atoms with Crippen LogP contribution >= 0.6 is 7.60 Å². The highest BCUT2D eigenvalue weighted by molar-refractivity contribution is 7.53. The second-order valence-corrected chi connectivity index (χ2v) is 9.93. The Hall–Kier alpha value is -2.99. The predicted octanol–water partition coefficient (Wildman–Crippen LogP) is 4.37. The zero-order valence-corrected chi connectivity index (χ0v) is 19.3. The van der Waals surface area contributed by atoms with Gasteiger partial charge in [0.1, 0.15) is 0 Å². The van der Waals surface area contributed by atoms with E-state index in [1.54, 1.807) is 13.0 Å². The minimum atomic E-state index is -3.38. The van der Waals surface area contributed by atoms with Crippen molar-refractivity contribution in [3.8, 4) is 0 Å². The van der Waals surface area contributed by atoms with Gasteiger partial charge in [-0.2, -0.15) is 0 Å². The third-order valence-electron chi connectivity index (χ3n) is 5.50. The number of aromatic nitrogens is 2. The Morgan fingerprint density at radius 1 is 0.939 bits per heavy atom. The molecule has 1 aliphatic rings. The maximum absolute atomic E-state index is 13.4. The lowest BCUT2D eigenvalue weighted by Crippen LogP contribution is -2.40. The highest BCUT2D eigenvalue weighted by Gasteiger charge is 2.32. The fourth-order valence-electron chi connectivity index (χ4n) is 3.95. The molecule has 0 spiro atoms. The van der Waals surface area contributed by atoms with Crippen molar-refractivity contribution in [2.45, 2.75) is 38.2 Å². The zero-order chi connectivity index (χ0) is 23.3. The largest absolute Gasteiger partial charge is 0.335 e. The molecule has 0 bridgehead atoms. The monoisotopic (exact) mass is 466 g/mol. The van der Waals surface area contributed by atoms with Crippen molar-refractivity contribution in [3.05, 3.63) is 117 Å². The summed E-state index contributed by atoms with van der Waals surface area (Å²) in [6.45, 7) is 2.25. The average molecular weight is 466 g/mol. The molecule has 8 heteroatoms. The first-order chi connectivity index (χ1) is 16.0. The lowest BCUT2D eigenvalue weighted by molar-refractivity contribution is 0.170. The lowest BCUT2D eigenvalue weighted by Gasteiger charge is -2.22. The summed E-state index contributed by atoms with van der Waals surface area (Å²) >= 11 is 0. The van der Waals surface area contributed by atoms with E-state index < -0.39 is 13.7 Å². The van der Waals surface area contributed by atoms with Crippen molar-refractivity contribution in [1.82, 2.24) is 9.13 Å². The van der Waals surface area contributed by atoms with Crippen molar-refractivity contribution >= 4 is 7.60 Å². The summed E-state index contributed by atoms with van der Waals surface area (Å²) in [6.07, 6.45) is 5.31. The molecule has 7 nitrogen and oxygen atoms in total. The van der Waals surface area contributed by atoms with E-state index in [1.807, 2.05) is 66.7 Å². The van der Waals surface area contributed by atoms with E-state index in [9.17, 15) is 14.2 Å². The molecule has 0 amide bonds. The van der Waals surface area contributed by atoms with Gasteiger partial charge in [-0.3, -0.25) is 18.5 Å². The lowest BCUT2D eigenvalue weighted by atomic mass is 10.2. The Labute approximate surface area is 192 Å². The number of hydrogen-bond donors (Lipinski definition) is 0. The summed E-state index contributed by atoms with van der Waals surface area (Å²) in [6, 6.07) is 19.9. The zero-order valence-electron chi connectivity index (χ0n) is 18.4. The van der Waals surface area contributed by atoms with E-state index in [1.165, 1.54) is 21.4 Å². The van der Waals surface area contributed by atoms with E-state index in [0.717, 1.165) is 11.1 Å². The molecule has 1 heterocycles. The van der Waals surface area contributed by atoms with Gasteiger partial charge >= 0.3 is 13.3 Å². The van der Waals surface area contributed by atoms with Crippen LogP contribution in [0.15, 0.2) is 94.7 Å². The second kappa shape index (κ2) is 10.3. The maximum Gasteiger partial charge on any atom is 0.335 e. The van der Waals surface area contributed by atoms with Gasteiger partial charge in [-0.05, 0) is 18.1 Å². The number of hydrogen-bond acceptors (Lipinski definition) is 5. The van der Waals surface area contributed by atoms with Gasteiger partial charge in [0.25, 0.3) is 5.56 Å². The van der Waals surface area contributed by atoms with Crippen LogP contribution in [0, 0.1) is 0 Å². The molecule has 0 radical (unpaired) electrons. The number of allylic oxidation sites excluding steroid dienone is 1. The Morgan fingerprint density at radius 2 is 1.61 bits per heavy atom. The first kappa shape index (κ1) is 23.2. The molecular formula is C25H27N2O5P. The number of rotatable bonds is 9. The van der Waals surface area contributed by atoms with Gasteiger partial charge in [0.15, 0.2) is 0 Å². The van der Waals surface area contributed by atoms with Crippen LogP contribution in [0.1, 0.15) is 30.5 Å². The fourth-order valence-corrected chi connectivity index (χ4v) is 5.80. The molecule has 172 valence electrons. The molecule has 0 aliphatic heterocycles. The summed E-state index contributed by atoms with van der Waals surface area (Å²) in [7, 11) is -3.38. The molecular weight excluding hydrogens is 439 g/mol. The molecule has 0 saturated carbocycles. The van der Waals surface area contributed by atoms with Gasteiger partial charge in [-0.25, -0.2) is 4.79 Å². The number of benzene rings is 2. The Bertz CT molecular complexity index is 1270. The van der Waals surface area contributed by atoms with Crippen LogP contribution in [0.4, 0.5) is 0 Å².